The maximum absolute atomic E-state index is 13.6. The fourth-order valence-corrected chi connectivity index (χ4v) is 4.79. The Morgan fingerprint density at radius 1 is 1.18 bits per heavy atom. The molecule has 1 aromatic heterocycles. The Labute approximate surface area is 200 Å². The van der Waals surface area contributed by atoms with Crippen LogP contribution in [0.25, 0.3) is 10.9 Å². The summed E-state index contributed by atoms with van der Waals surface area (Å²) in [6, 6.07) is 12.5. The van der Waals surface area contributed by atoms with E-state index in [4.69, 9.17) is 4.74 Å². The number of ether oxygens (including phenoxy) is 1. The Hall–Kier alpha value is -3.48. The molecule has 2 aromatic carbocycles. The van der Waals surface area contributed by atoms with E-state index >= 15 is 0 Å². The molecule has 180 valence electrons. The van der Waals surface area contributed by atoms with Gasteiger partial charge in [-0.15, -0.1) is 0 Å². The van der Waals surface area contributed by atoms with Crippen molar-refractivity contribution in [2.24, 2.45) is 5.92 Å². The van der Waals surface area contributed by atoms with Crippen molar-refractivity contribution in [3.63, 3.8) is 0 Å². The highest BCUT2D eigenvalue weighted by atomic mass is 16.5. The number of nitrogens with one attached hydrogen (secondary N) is 1. The Morgan fingerprint density at radius 2 is 1.91 bits per heavy atom. The topological polar surface area (TPSA) is 85.9 Å². The molecule has 2 unspecified atom stereocenters. The van der Waals surface area contributed by atoms with Crippen LogP contribution in [0.1, 0.15) is 44.9 Å². The largest absolute Gasteiger partial charge is 0.480 e. The number of carboxylic acids is 1. The van der Waals surface area contributed by atoms with Crippen molar-refractivity contribution in [2.45, 2.75) is 46.3 Å². The van der Waals surface area contributed by atoms with Gasteiger partial charge >= 0.3 is 5.97 Å². The molecule has 1 amide bonds. The van der Waals surface area contributed by atoms with Crippen LogP contribution < -0.4 is 9.64 Å². The van der Waals surface area contributed by atoms with Gasteiger partial charge in [0.25, 0.3) is 5.91 Å². The average Bonchev–Trinajstić information content (AvgIpc) is 3.18. The molecule has 0 radical (unpaired) electrons. The zero-order chi connectivity index (χ0) is 24.4. The van der Waals surface area contributed by atoms with Crippen LogP contribution in [0, 0.1) is 5.92 Å². The number of benzene rings is 2. The number of carbonyl (C=O) groups excluding carboxylic acids is 1. The van der Waals surface area contributed by atoms with Crippen molar-refractivity contribution >= 4 is 28.5 Å². The van der Waals surface area contributed by atoms with Crippen LogP contribution in [0.5, 0.6) is 5.75 Å². The van der Waals surface area contributed by atoms with Crippen molar-refractivity contribution in [3.05, 3.63) is 59.8 Å². The number of para-hydroxylation sites is 1. The van der Waals surface area contributed by atoms with Crippen molar-refractivity contribution < 1.29 is 19.4 Å². The monoisotopic (exact) mass is 463 g/mol. The summed E-state index contributed by atoms with van der Waals surface area (Å²) in [5.74, 6) is -0.987. The minimum absolute atomic E-state index is 0.111. The second-order valence-electron chi connectivity index (χ2n) is 9.06. The number of fused-ring (bicyclic) bond motifs is 2. The van der Waals surface area contributed by atoms with Crippen LogP contribution in [0.2, 0.25) is 0 Å². The third kappa shape index (κ3) is 4.34. The lowest BCUT2D eigenvalue weighted by Crippen LogP contribution is -2.46. The molecule has 4 rings (SSSR count). The number of nitrogens with zero attached hydrogens (tertiary/aromatic N) is 2. The van der Waals surface area contributed by atoms with E-state index in [1.165, 1.54) is 4.90 Å². The summed E-state index contributed by atoms with van der Waals surface area (Å²) in [7, 11) is 0. The quantitative estimate of drug-likeness (QED) is 0.509. The van der Waals surface area contributed by atoms with Crippen LogP contribution in [0.4, 0.5) is 5.69 Å². The van der Waals surface area contributed by atoms with Crippen molar-refractivity contribution in [1.82, 2.24) is 9.88 Å². The average molecular weight is 464 g/mol. The van der Waals surface area contributed by atoms with Gasteiger partial charge in [0.05, 0.1) is 0 Å². The third-order valence-corrected chi connectivity index (χ3v) is 6.65. The number of rotatable bonds is 8. The van der Waals surface area contributed by atoms with E-state index in [9.17, 15) is 14.7 Å². The highest BCUT2D eigenvalue weighted by Gasteiger charge is 2.42. The lowest BCUT2D eigenvalue weighted by molar-refractivity contribution is -0.153. The number of aliphatic carboxylic acids is 1. The number of amides is 1. The molecule has 7 heteroatoms. The Balaban J connectivity index is 1.74. The maximum atomic E-state index is 13.6. The van der Waals surface area contributed by atoms with Crippen LogP contribution in [-0.4, -0.2) is 52.6 Å². The van der Waals surface area contributed by atoms with Gasteiger partial charge in [-0.25, -0.2) is 4.79 Å². The summed E-state index contributed by atoms with van der Waals surface area (Å²) in [5, 5.41) is 11.3. The van der Waals surface area contributed by atoms with Crippen molar-refractivity contribution in [3.8, 4) is 5.75 Å². The summed E-state index contributed by atoms with van der Waals surface area (Å²) < 4.78 is 6.24. The van der Waals surface area contributed by atoms with Gasteiger partial charge in [0, 0.05) is 54.1 Å². The Bertz CT molecular complexity index is 1180. The Morgan fingerprint density at radius 3 is 2.59 bits per heavy atom. The summed E-state index contributed by atoms with van der Waals surface area (Å²) in [6.07, 6.45) is 1.72. The van der Waals surface area contributed by atoms with Gasteiger partial charge in [0.15, 0.2) is 12.1 Å². The minimum Gasteiger partial charge on any atom is -0.480 e. The lowest BCUT2D eigenvalue weighted by Gasteiger charge is -2.29. The predicted molar refractivity (Wildman–Crippen MR) is 133 cm³/mol. The van der Waals surface area contributed by atoms with Crippen LogP contribution >= 0.6 is 0 Å². The number of aromatic nitrogens is 1. The number of anilines is 1. The third-order valence-electron chi connectivity index (χ3n) is 6.65. The molecule has 7 nitrogen and oxygen atoms in total. The number of aromatic amines is 1. The van der Waals surface area contributed by atoms with Crippen LogP contribution in [0.15, 0.2) is 48.7 Å². The fraction of sp³-hybridized carbons (Fsp3) is 0.407. The summed E-state index contributed by atoms with van der Waals surface area (Å²) in [5.41, 5.74) is 3.54. The standard InChI is InChI=1S/C27H33N3O4/c1-5-29(6-2)19-11-12-21-23(15-19)34-25(17(3)4)26(31)30(24(21)27(32)33)14-13-18-16-28-22-10-8-7-9-20(18)22/h7-12,15-17,24-25,28H,5-6,13-14H2,1-4H3,(H,32,33). The molecule has 2 N–H and O–H groups in total. The van der Waals surface area contributed by atoms with Gasteiger partial charge in [0.2, 0.25) is 0 Å². The number of hydrogen-bond donors (Lipinski definition) is 2. The smallest absolute Gasteiger partial charge is 0.331 e. The first kappa shape index (κ1) is 23.7. The van der Waals surface area contributed by atoms with E-state index in [1.807, 2.05) is 56.4 Å². The zero-order valence-corrected chi connectivity index (χ0v) is 20.2. The Kier molecular flexibility index (Phi) is 6.82. The number of hydrogen-bond acceptors (Lipinski definition) is 4. The minimum atomic E-state index is -1.11. The highest BCUT2D eigenvalue weighted by molar-refractivity contribution is 5.90. The van der Waals surface area contributed by atoms with E-state index < -0.39 is 18.1 Å². The molecule has 2 heterocycles. The fourth-order valence-electron chi connectivity index (χ4n) is 4.79. The first-order valence-corrected chi connectivity index (χ1v) is 12.0. The second kappa shape index (κ2) is 9.79. The zero-order valence-electron chi connectivity index (χ0n) is 20.2. The van der Waals surface area contributed by atoms with Crippen molar-refractivity contribution in [1.29, 1.82) is 0 Å². The van der Waals surface area contributed by atoms with E-state index in [2.05, 4.69) is 23.7 Å². The maximum Gasteiger partial charge on any atom is 0.331 e. The number of carbonyl (C=O) groups is 2. The van der Waals surface area contributed by atoms with E-state index in [0.717, 1.165) is 35.2 Å². The van der Waals surface area contributed by atoms with Gasteiger partial charge < -0.3 is 24.6 Å². The van der Waals surface area contributed by atoms with Gasteiger partial charge in [-0.2, -0.15) is 0 Å². The first-order chi connectivity index (χ1) is 16.3. The van der Waals surface area contributed by atoms with Gasteiger partial charge in [0.1, 0.15) is 5.75 Å². The van der Waals surface area contributed by atoms with Gasteiger partial charge in [-0.3, -0.25) is 4.79 Å². The van der Waals surface area contributed by atoms with Gasteiger partial charge in [-0.1, -0.05) is 38.1 Å². The molecule has 0 bridgehead atoms. The summed E-state index contributed by atoms with van der Waals surface area (Å²) >= 11 is 0. The first-order valence-electron chi connectivity index (χ1n) is 12.0. The van der Waals surface area contributed by atoms with Crippen LogP contribution in [0.3, 0.4) is 0 Å². The summed E-state index contributed by atoms with van der Waals surface area (Å²) in [4.78, 5) is 33.1. The number of carboxylic acid groups (broad SMARTS) is 1. The normalized spacial score (nSPS) is 18.0. The molecule has 3 aromatic rings. The highest BCUT2D eigenvalue weighted by Crippen LogP contribution is 2.38. The van der Waals surface area contributed by atoms with E-state index in [1.54, 1.807) is 6.07 Å². The summed E-state index contributed by atoms with van der Waals surface area (Å²) in [6.45, 7) is 9.92. The second-order valence-corrected chi connectivity index (χ2v) is 9.06. The predicted octanol–water partition coefficient (Wildman–Crippen LogP) is 4.63. The number of H-pyrrole nitrogens is 1. The SMILES string of the molecule is CCN(CC)c1ccc2c(c1)OC(C(C)C)C(=O)N(CCc1c[nH]c3ccccc13)C2C(=O)O. The molecule has 0 saturated heterocycles. The molecule has 0 spiro atoms. The molecule has 0 aliphatic carbocycles. The lowest BCUT2D eigenvalue weighted by atomic mass is 10.0. The van der Waals surface area contributed by atoms with E-state index in [-0.39, 0.29) is 18.4 Å². The van der Waals surface area contributed by atoms with E-state index in [0.29, 0.717) is 17.7 Å². The molecular formula is C27H33N3O4. The van der Waals surface area contributed by atoms with Gasteiger partial charge in [-0.05, 0) is 43.9 Å². The van der Waals surface area contributed by atoms with Crippen LogP contribution in [-0.2, 0) is 16.0 Å². The molecule has 2 atom stereocenters. The molecule has 1 aliphatic rings. The molecule has 34 heavy (non-hydrogen) atoms. The molecule has 0 fully saturated rings. The molecule has 1 aliphatic heterocycles. The van der Waals surface area contributed by atoms with Crippen molar-refractivity contribution in [2.75, 3.05) is 24.5 Å². The molecule has 0 saturated carbocycles. The molecular weight excluding hydrogens is 430 g/mol.